The molecule has 27 heavy (non-hydrogen) atoms. The first kappa shape index (κ1) is 19.1. The second-order valence-corrected chi connectivity index (χ2v) is 6.84. The topological polar surface area (TPSA) is 70.6 Å². The number of benzene rings is 1. The van der Waals surface area contributed by atoms with Gasteiger partial charge < -0.3 is 19.9 Å². The molecule has 1 fully saturated rings. The van der Waals surface area contributed by atoms with Crippen molar-refractivity contribution in [2.24, 2.45) is 0 Å². The van der Waals surface area contributed by atoms with E-state index in [1.807, 2.05) is 31.2 Å². The van der Waals surface area contributed by atoms with E-state index in [1.165, 1.54) is 0 Å². The maximum Gasteiger partial charge on any atom is 0.270 e. The molecule has 1 aromatic carbocycles. The monoisotopic (exact) mass is 369 g/mol. The quantitative estimate of drug-likeness (QED) is 0.833. The van der Waals surface area contributed by atoms with Crippen LogP contribution in [0, 0.1) is 6.92 Å². The smallest absolute Gasteiger partial charge is 0.270 e. The lowest BCUT2D eigenvalue weighted by Gasteiger charge is -2.32. The summed E-state index contributed by atoms with van der Waals surface area (Å²) in [6.45, 7) is 6.12. The molecule has 0 unspecified atom stereocenters. The number of nitrogens with one attached hydrogen (secondary N) is 1. The van der Waals surface area contributed by atoms with Crippen molar-refractivity contribution in [2.45, 2.75) is 13.3 Å². The first-order valence-corrected chi connectivity index (χ1v) is 9.25. The summed E-state index contributed by atoms with van der Waals surface area (Å²) in [6, 6.07) is 9.60. The van der Waals surface area contributed by atoms with Crippen LogP contribution in [0.25, 0.3) is 0 Å². The number of piperazine rings is 1. The van der Waals surface area contributed by atoms with Crippen molar-refractivity contribution in [3.05, 3.63) is 47.3 Å². The first-order valence-electron chi connectivity index (χ1n) is 9.25. The van der Waals surface area contributed by atoms with Gasteiger partial charge in [-0.2, -0.15) is 0 Å². The van der Waals surface area contributed by atoms with Crippen molar-refractivity contribution >= 4 is 11.9 Å². The molecule has 144 valence electrons. The first-order chi connectivity index (χ1) is 13.0. The van der Waals surface area contributed by atoms with Gasteiger partial charge in [-0.05, 0) is 44.2 Å². The number of rotatable bonds is 6. The second kappa shape index (κ2) is 8.81. The number of aryl methyl sites for hydroxylation is 1. The molecule has 7 nitrogen and oxygen atoms in total. The predicted octanol–water partition coefficient (Wildman–Crippen LogP) is 1.52. The summed E-state index contributed by atoms with van der Waals surface area (Å²) in [6.07, 6.45) is 0.734. The van der Waals surface area contributed by atoms with E-state index in [4.69, 9.17) is 4.74 Å². The molecule has 3 rings (SSSR count). The fourth-order valence-corrected chi connectivity index (χ4v) is 3.06. The van der Waals surface area contributed by atoms with Gasteiger partial charge in [0.2, 0.25) is 5.95 Å². The molecule has 2 heterocycles. The molecule has 7 heteroatoms. The highest BCUT2D eigenvalue weighted by molar-refractivity contribution is 5.92. The van der Waals surface area contributed by atoms with Crippen LogP contribution < -0.4 is 15.0 Å². The van der Waals surface area contributed by atoms with Gasteiger partial charge in [-0.3, -0.25) is 4.79 Å². The third kappa shape index (κ3) is 5.17. The summed E-state index contributed by atoms with van der Waals surface area (Å²) in [5.41, 5.74) is 2.34. The Kier molecular flexibility index (Phi) is 6.24. The van der Waals surface area contributed by atoms with E-state index in [2.05, 4.69) is 32.1 Å². The number of anilines is 1. The molecule has 1 saturated heterocycles. The number of carbonyl (C=O) groups is 1. The number of aromatic nitrogens is 2. The van der Waals surface area contributed by atoms with Crippen molar-refractivity contribution in [1.82, 2.24) is 20.2 Å². The summed E-state index contributed by atoms with van der Waals surface area (Å²) in [5.74, 6) is 1.29. The third-order valence-electron chi connectivity index (χ3n) is 4.69. The zero-order valence-electron chi connectivity index (χ0n) is 16.2. The van der Waals surface area contributed by atoms with Gasteiger partial charge in [-0.15, -0.1) is 0 Å². The summed E-state index contributed by atoms with van der Waals surface area (Å²) < 4.78 is 5.23. The van der Waals surface area contributed by atoms with Crippen LogP contribution in [0.2, 0.25) is 0 Å². The molecule has 2 aromatic rings. The minimum Gasteiger partial charge on any atom is -0.497 e. The average Bonchev–Trinajstić information content (AvgIpc) is 2.68. The molecular formula is C20H27N5O2. The van der Waals surface area contributed by atoms with Crippen LogP contribution in [0.1, 0.15) is 21.7 Å². The Labute approximate surface area is 160 Å². The number of ether oxygens (including phenoxy) is 1. The largest absolute Gasteiger partial charge is 0.497 e. The average molecular weight is 369 g/mol. The summed E-state index contributed by atoms with van der Waals surface area (Å²) in [5, 5.41) is 2.95. The number of hydrogen-bond acceptors (Lipinski definition) is 6. The lowest BCUT2D eigenvalue weighted by molar-refractivity contribution is 0.0949. The van der Waals surface area contributed by atoms with Gasteiger partial charge in [-0.25, -0.2) is 9.97 Å². The number of likely N-dealkylation sites (N-methyl/N-ethyl adjacent to an activating group) is 1. The molecular weight excluding hydrogens is 342 g/mol. The zero-order chi connectivity index (χ0) is 19.2. The van der Waals surface area contributed by atoms with Gasteiger partial charge in [-0.1, -0.05) is 12.1 Å². The number of hydrogen-bond donors (Lipinski definition) is 1. The molecule has 0 saturated carbocycles. The van der Waals surface area contributed by atoms with Crippen LogP contribution in [0.5, 0.6) is 5.75 Å². The number of amides is 1. The molecule has 1 N–H and O–H groups in total. The number of nitrogens with zero attached hydrogens (tertiary/aromatic N) is 4. The Bertz CT molecular complexity index is 788. The van der Waals surface area contributed by atoms with E-state index in [1.54, 1.807) is 13.2 Å². The van der Waals surface area contributed by atoms with Gasteiger partial charge in [0.1, 0.15) is 11.4 Å². The lowest BCUT2D eigenvalue weighted by atomic mass is 10.1. The van der Waals surface area contributed by atoms with Crippen LogP contribution >= 0.6 is 0 Å². The molecule has 1 amide bonds. The van der Waals surface area contributed by atoms with Crippen molar-refractivity contribution in [3.8, 4) is 5.75 Å². The fourth-order valence-electron chi connectivity index (χ4n) is 3.06. The van der Waals surface area contributed by atoms with Crippen LogP contribution in [-0.2, 0) is 6.42 Å². The Morgan fingerprint density at radius 3 is 2.70 bits per heavy atom. The van der Waals surface area contributed by atoms with Crippen molar-refractivity contribution < 1.29 is 9.53 Å². The van der Waals surface area contributed by atoms with Gasteiger partial charge in [0.15, 0.2) is 0 Å². The Balaban J connectivity index is 1.60. The van der Waals surface area contributed by atoms with Crippen LogP contribution in [-0.4, -0.2) is 67.7 Å². The molecule has 0 atom stereocenters. The van der Waals surface area contributed by atoms with Crippen LogP contribution in [0.4, 0.5) is 5.95 Å². The van der Waals surface area contributed by atoms with E-state index in [0.717, 1.165) is 49.6 Å². The van der Waals surface area contributed by atoms with E-state index in [9.17, 15) is 4.79 Å². The normalized spacial score (nSPS) is 14.9. The third-order valence-corrected chi connectivity index (χ3v) is 4.69. The zero-order valence-corrected chi connectivity index (χ0v) is 16.2. The summed E-state index contributed by atoms with van der Waals surface area (Å²) >= 11 is 0. The molecule has 1 aromatic heterocycles. The van der Waals surface area contributed by atoms with Crippen molar-refractivity contribution in [2.75, 3.05) is 51.8 Å². The molecule has 0 spiro atoms. The minimum atomic E-state index is -0.168. The number of carbonyl (C=O) groups excluding carboxylic acids is 1. The Hall–Kier alpha value is -2.67. The summed E-state index contributed by atoms with van der Waals surface area (Å²) in [4.78, 5) is 26.0. The highest BCUT2D eigenvalue weighted by Crippen LogP contribution is 2.14. The molecule has 1 aliphatic heterocycles. The summed E-state index contributed by atoms with van der Waals surface area (Å²) in [7, 11) is 3.76. The molecule has 1 aliphatic rings. The second-order valence-electron chi connectivity index (χ2n) is 6.84. The highest BCUT2D eigenvalue weighted by Gasteiger charge is 2.19. The van der Waals surface area contributed by atoms with Crippen molar-refractivity contribution in [1.29, 1.82) is 0 Å². The fraction of sp³-hybridized carbons (Fsp3) is 0.450. The van der Waals surface area contributed by atoms with Gasteiger partial charge >= 0.3 is 0 Å². The predicted molar refractivity (Wildman–Crippen MR) is 106 cm³/mol. The van der Waals surface area contributed by atoms with E-state index < -0.39 is 0 Å². The number of methoxy groups -OCH3 is 1. The van der Waals surface area contributed by atoms with Gasteiger partial charge in [0.05, 0.1) is 7.11 Å². The SMILES string of the molecule is COc1cccc(CCNC(=O)c2cc(C)nc(N3CCN(C)CC3)n2)c1. The van der Waals surface area contributed by atoms with Gasteiger partial charge in [0, 0.05) is 38.4 Å². The van der Waals surface area contributed by atoms with Gasteiger partial charge in [0.25, 0.3) is 5.91 Å². The van der Waals surface area contributed by atoms with E-state index in [0.29, 0.717) is 18.2 Å². The minimum absolute atomic E-state index is 0.168. The molecule has 0 radical (unpaired) electrons. The Morgan fingerprint density at radius 2 is 1.96 bits per heavy atom. The maximum absolute atomic E-state index is 12.5. The van der Waals surface area contributed by atoms with E-state index in [-0.39, 0.29) is 5.91 Å². The lowest BCUT2D eigenvalue weighted by Crippen LogP contribution is -2.45. The maximum atomic E-state index is 12.5. The highest BCUT2D eigenvalue weighted by atomic mass is 16.5. The van der Waals surface area contributed by atoms with E-state index >= 15 is 0 Å². The molecule has 0 aliphatic carbocycles. The Morgan fingerprint density at radius 1 is 1.19 bits per heavy atom. The van der Waals surface area contributed by atoms with Crippen LogP contribution in [0.15, 0.2) is 30.3 Å². The van der Waals surface area contributed by atoms with Crippen LogP contribution in [0.3, 0.4) is 0 Å². The van der Waals surface area contributed by atoms with Crippen molar-refractivity contribution in [3.63, 3.8) is 0 Å². The molecule has 0 bridgehead atoms. The standard InChI is InChI=1S/C20H27N5O2/c1-15-13-18(23-20(22-15)25-11-9-24(2)10-12-25)19(26)21-8-7-16-5-4-6-17(14-16)27-3/h4-6,13-14H,7-12H2,1-3H3,(H,21,26).